The summed E-state index contributed by atoms with van der Waals surface area (Å²) in [7, 11) is 0. The summed E-state index contributed by atoms with van der Waals surface area (Å²) in [6.45, 7) is 16.8. The fourth-order valence-corrected chi connectivity index (χ4v) is 8.66. The number of aromatic hydroxyl groups is 1. The van der Waals surface area contributed by atoms with Crippen molar-refractivity contribution in [2.24, 2.45) is 0 Å². The predicted molar refractivity (Wildman–Crippen MR) is 273 cm³/mol. The van der Waals surface area contributed by atoms with E-state index in [0.29, 0.717) is 28.1 Å². The molecule has 5 heteroatoms. The van der Waals surface area contributed by atoms with E-state index in [1.54, 1.807) is 6.07 Å². The fraction of sp³-hybridized carbons (Fsp3) is 0.213. The summed E-state index contributed by atoms with van der Waals surface area (Å²) in [5, 5.41) is 12.5. The average Bonchev–Trinajstić information content (AvgIpc) is 3.70. The van der Waals surface area contributed by atoms with Crippen LogP contribution in [0.3, 0.4) is 0 Å². The smallest absolute Gasteiger partial charge is 0.148 e. The van der Waals surface area contributed by atoms with Crippen LogP contribution in [0.2, 0.25) is 0 Å². The second-order valence-corrected chi connectivity index (χ2v) is 20.3. The van der Waals surface area contributed by atoms with Gasteiger partial charge in [0.25, 0.3) is 0 Å². The van der Waals surface area contributed by atoms with E-state index in [1.807, 2.05) is 89.6 Å². The summed E-state index contributed by atoms with van der Waals surface area (Å²) in [6, 6.07) is 56.9. The minimum Gasteiger partial charge on any atom is -0.507 e. The number of para-hydroxylation sites is 1. The molecule has 1 N–H and O–H groups in total. The molecule has 2 heterocycles. The van der Waals surface area contributed by atoms with Crippen LogP contribution in [-0.4, -0.2) is 19.6 Å². The third kappa shape index (κ3) is 9.09. The Morgan fingerprint density at radius 3 is 1.77 bits per heavy atom. The van der Waals surface area contributed by atoms with Crippen molar-refractivity contribution in [3.63, 3.8) is 0 Å². The number of hydrogen-bond acceptors (Lipinski definition) is 3. The van der Waals surface area contributed by atoms with Crippen LogP contribution in [0.5, 0.6) is 5.75 Å². The largest absolute Gasteiger partial charge is 0.507 e. The molecular weight excluding hydrogens is 986 g/mol. The maximum Gasteiger partial charge on any atom is 0.148 e. The van der Waals surface area contributed by atoms with Gasteiger partial charge in [0.2, 0.25) is 0 Å². The number of imidazole rings is 1. The number of aromatic nitrogens is 3. The molecule has 4 nitrogen and oxygen atoms in total. The molecule has 0 spiro atoms. The normalized spacial score (nSPS) is 12.9. The maximum absolute atomic E-state index is 12.5. The van der Waals surface area contributed by atoms with Gasteiger partial charge < -0.3 is 5.11 Å². The van der Waals surface area contributed by atoms with E-state index in [0.717, 1.165) is 66.9 Å². The first-order valence-corrected chi connectivity index (χ1v) is 22.5. The van der Waals surface area contributed by atoms with Crippen LogP contribution < -0.4 is 0 Å². The molecule has 334 valence electrons. The van der Waals surface area contributed by atoms with Gasteiger partial charge in [-0.05, 0) is 97.9 Å². The Hall–Kier alpha value is -6.35. The van der Waals surface area contributed by atoms with E-state index in [4.69, 9.17) is 14.1 Å². The van der Waals surface area contributed by atoms with Crippen molar-refractivity contribution in [3.05, 3.63) is 192 Å². The quantitative estimate of drug-likeness (QED) is 0.162. The minimum atomic E-state index is -2.51. The monoisotopic (exact) mass is 1050 g/mol. The summed E-state index contributed by atoms with van der Waals surface area (Å²) in [6.07, 6.45) is 1.84. The molecule has 0 bridgehead atoms. The molecule has 66 heavy (non-hydrogen) atoms. The van der Waals surface area contributed by atoms with Crippen molar-refractivity contribution in [2.75, 3.05) is 0 Å². The minimum absolute atomic E-state index is 0. The first-order valence-electron chi connectivity index (χ1n) is 24.0. The average molecular weight is 1050 g/mol. The van der Waals surface area contributed by atoms with Crippen LogP contribution in [0.1, 0.15) is 88.7 Å². The van der Waals surface area contributed by atoms with Gasteiger partial charge in [-0.25, -0.2) is 4.98 Å². The van der Waals surface area contributed by atoms with Crippen LogP contribution in [0.15, 0.2) is 164 Å². The molecule has 0 amide bonds. The molecule has 0 radical (unpaired) electrons. The molecule has 0 aliphatic heterocycles. The maximum atomic E-state index is 12.5. The topological polar surface area (TPSA) is 50.9 Å². The van der Waals surface area contributed by atoms with Crippen molar-refractivity contribution in [1.29, 1.82) is 0 Å². The van der Waals surface area contributed by atoms with E-state index in [2.05, 4.69) is 141 Å². The molecule has 9 rings (SSSR count). The molecule has 7 aromatic carbocycles. The molecule has 0 saturated carbocycles. The number of phenolic OH excluding ortho intramolecular Hbond substituents is 1. The first kappa shape index (κ1) is 42.3. The van der Waals surface area contributed by atoms with Crippen molar-refractivity contribution < 1.29 is 30.3 Å². The van der Waals surface area contributed by atoms with Gasteiger partial charge in [0.15, 0.2) is 0 Å². The molecule has 2 aromatic heterocycles. The third-order valence-corrected chi connectivity index (χ3v) is 12.4. The molecule has 0 fully saturated rings. The Balaban J connectivity index is 0.00000642. The number of nitrogens with zero attached hydrogens (tertiary/aromatic N) is 3. The summed E-state index contributed by atoms with van der Waals surface area (Å²) in [4.78, 5) is 10.4. The van der Waals surface area contributed by atoms with E-state index in [1.165, 1.54) is 5.56 Å². The fourth-order valence-electron chi connectivity index (χ4n) is 8.66. The van der Waals surface area contributed by atoms with Gasteiger partial charge in [-0.15, -0.1) is 23.8 Å². The Morgan fingerprint density at radius 1 is 0.530 bits per heavy atom. The van der Waals surface area contributed by atoms with Crippen LogP contribution in [-0.2, 0) is 37.3 Å². The van der Waals surface area contributed by atoms with Crippen LogP contribution in [0.4, 0.5) is 0 Å². The van der Waals surface area contributed by atoms with Gasteiger partial charge in [-0.3, -0.25) is 9.55 Å². The Kier molecular flexibility index (Phi) is 11.4. The summed E-state index contributed by atoms with van der Waals surface area (Å²) in [5.41, 5.74) is 13.8. The SMILES string of the molecule is [2H]C([2H])([2H])c1cc(-c2ccc(C(C)(C)C)cc2)ccc1-n1c(-c2cc(C(C)(C)C)cc(C(C)(C)C)c2O)nc2c(-c3[c-]c(-c4cc(-c5ccccc5)ccn4)cc(-c4ccccc4)c3)cccc21.[Pt]. The first-order chi connectivity index (χ1) is 32.1. The summed E-state index contributed by atoms with van der Waals surface area (Å²) < 4.78 is 29.1. The van der Waals surface area contributed by atoms with Gasteiger partial charge in [0, 0.05) is 42.6 Å². The number of rotatable bonds is 7. The summed E-state index contributed by atoms with van der Waals surface area (Å²) in [5.74, 6) is 0.546. The van der Waals surface area contributed by atoms with Gasteiger partial charge in [0.1, 0.15) is 11.6 Å². The van der Waals surface area contributed by atoms with Crippen molar-refractivity contribution in [2.45, 2.75) is 85.4 Å². The zero-order valence-corrected chi connectivity index (χ0v) is 41.5. The number of fused-ring (bicyclic) bond motifs is 1. The van der Waals surface area contributed by atoms with E-state index in [-0.39, 0.29) is 43.2 Å². The van der Waals surface area contributed by atoms with Crippen LogP contribution in [0.25, 0.3) is 83.9 Å². The van der Waals surface area contributed by atoms with E-state index in [9.17, 15) is 5.11 Å². The van der Waals surface area contributed by atoms with Gasteiger partial charge >= 0.3 is 0 Å². The van der Waals surface area contributed by atoms with Gasteiger partial charge in [0.05, 0.1) is 22.3 Å². The van der Waals surface area contributed by atoms with E-state index >= 15 is 0 Å². The second kappa shape index (κ2) is 17.8. The molecule has 0 aliphatic carbocycles. The van der Waals surface area contributed by atoms with E-state index < -0.39 is 12.3 Å². The van der Waals surface area contributed by atoms with Crippen molar-refractivity contribution in [1.82, 2.24) is 14.5 Å². The molecule has 0 atom stereocenters. The number of hydrogen-bond donors (Lipinski definition) is 1. The molecule has 9 aromatic rings. The summed E-state index contributed by atoms with van der Waals surface area (Å²) >= 11 is 0. The van der Waals surface area contributed by atoms with Crippen LogP contribution in [0, 0.1) is 12.9 Å². The number of pyridine rings is 1. The Bertz CT molecular complexity index is 3320. The predicted octanol–water partition coefficient (Wildman–Crippen LogP) is 16.1. The van der Waals surface area contributed by atoms with Crippen molar-refractivity contribution in [3.8, 4) is 78.6 Å². The Labute approximate surface area is 410 Å². The van der Waals surface area contributed by atoms with Crippen molar-refractivity contribution >= 4 is 11.0 Å². The number of benzene rings is 7. The molecule has 0 aliphatic rings. The zero-order valence-electron chi connectivity index (χ0n) is 42.2. The van der Waals surface area contributed by atoms with Gasteiger partial charge in [-0.2, -0.15) is 0 Å². The molecule has 0 unspecified atom stereocenters. The second-order valence-electron chi connectivity index (χ2n) is 20.3. The number of phenols is 1. The Morgan fingerprint density at radius 2 is 1.14 bits per heavy atom. The van der Waals surface area contributed by atoms with Crippen LogP contribution >= 0.6 is 0 Å². The standard InChI is InChI=1S/C61H58N3O.Pt/c1-39-32-43(42-24-27-48(28-25-42)59(2,3)4)26-29-54(39)64-55-23-17-22-50(56(55)63-58(64)51-37-49(60(5,6)7)38-52(57(51)65)61(8,9)10)46-33-45(41-20-15-12-16-21-41)34-47(35-46)53-36-44(30-31-62-53)40-18-13-11-14-19-40;/h11-34,36-38,65H,1-10H3;/q-1;/i1D3;. The molecular formula is C61H58N3OPt-. The zero-order chi connectivity index (χ0) is 48.3. The number of aryl methyl sites for hydroxylation is 1. The third-order valence-electron chi connectivity index (χ3n) is 12.4. The van der Waals surface area contributed by atoms with Gasteiger partial charge in [-0.1, -0.05) is 194 Å². The molecule has 0 saturated heterocycles.